The molecule has 3 aromatic heterocycles. The molecular weight excluding hydrogens is 414 g/mol. The number of aliphatic hydroxyl groups is 3. The molecule has 1 unspecified atom stereocenters. The summed E-state index contributed by atoms with van der Waals surface area (Å²) in [6.07, 6.45) is 0.730. The molecular formula is C21H23N7O4. The lowest BCUT2D eigenvalue weighted by molar-refractivity contribution is -0.0511. The molecule has 0 spiro atoms. The Balaban J connectivity index is 1.52. The largest absolute Gasteiger partial charge is 0.394 e. The molecule has 0 bridgehead atoms. The van der Waals surface area contributed by atoms with E-state index in [1.165, 1.54) is 6.33 Å². The zero-order valence-electron chi connectivity index (χ0n) is 17.3. The van der Waals surface area contributed by atoms with Crippen molar-refractivity contribution in [2.75, 3.05) is 19.0 Å². The van der Waals surface area contributed by atoms with Gasteiger partial charge >= 0.3 is 0 Å². The standard InChI is InChI=1S/C21H23N7O4/c1-22-19-15-20(28(11-23-15)21-17(31)16(30)14(10-29)32-21)26-18(25-19)13-7-24-27(9-13)8-12-5-3-2-4-6-12/h2-7,9,11,14,16-17,21,29-31H,8,10H2,1H3,(H,22,25,26)/t14-,16-,17-,21?/m1/s1. The Morgan fingerprint density at radius 2 is 1.94 bits per heavy atom. The highest BCUT2D eigenvalue weighted by molar-refractivity contribution is 5.85. The molecule has 4 aromatic rings. The summed E-state index contributed by atoms with van der Waals surface area (Å²) in [6, 6.07) is 9.99. The number of ether oxygens (including phenoxy) is 1. The third-order valence-corrected chi connectivity index (χ3v) is 5.53. The minimum absolute atomic E-state index is 0.413. The number of anilines is 1. The smallest absolute Gasteiger partial charge is 0.168 e. The predicted octanol–water partition coefficient (Wildman–Crippen LogP) is 0.391. The van der Waals surface area contributed by atoms with E-state index < -0.39 is 31.1 Å². The molecule has 1 aliphatic heterocycles. The van der Waals surface area contributed by atoms with Crippen LogP contribution in [0, 0.1) is 0 Å². The van der Waals surface area contributed by atoms with Crippen LogP contribution in [0.1, 0.15) is 11.8 Å². The van der Waals surface area contributed by atoms with Gasteiger partial charge in [-0.25, -0.2) is 15.0 Å². The van der Waals surface area contributed by atoms with Crippen molar-refractivity contribution in [2.24, 2.45) is 0 Å². The van der Waals surface area contributed by atoms with Crippen molar-refractivity contribution >= 4 is 17.0 Å². The minimum atomic E-state index is -1.24. The van der Waals surface area contributed by atoms with Crippen LogP contribution in [-0.2, 0) is 11.3 Å². The van der Waals surface area contributed by atoms with Gasteiger partial charge in [0.1, 0.15) is 18.3 Å². The molecule has 4 N–H and O–H groups in total. The second kappa shape index (κ2) is 8.28. The number of hydrogen-bond acceptors (Lipinski definition) is 9. The van der Waals surface area contributed by atoms with Gasteiger partial charge in [-0.2, -0.15) is 5.10 Å². The van der Waals surface area contributed by atoms with E-state index in [-0.39, 0.29) is 0 Å². The summed E-state index contributed by atoms with van der Waals surface area (Å²) in [7, 11) is 1.73. The molecule has 0 saturated carbocycles. The number of benzene rings is 1. The zero-order chi connectivity index (χ0) is 22.2. The summed E-state index contributed by atoms with van der Waals surface area (Å²) >= 11 is 0. The van der Waals surface area contributed by atoms with Crippen LogP contribution in [0.15, 0.2) is 49.1 Å². The summed E-state index contributed by atoms with van der Waals surface area (Å²) in [4.78, 5) is 13.6. The Bertz CT molecular complexity index is 1230. The average molecular weight is 437 g/mol. The van der Waals surface area contributed by atoms with Gasteiger partial charge in [-0.05, 0) is 5.56 Å². The van der Waals surface area contributed by atoms with Crippen LogP contribution in [0.4, 0.5) is 5.82 Å². The van der Waals surface area contributed by atoms with Crippen LogP contribution in [0.25, 0.3) is 22.6 Å². The first-order valence-electron chi connectivity index (χ1n) is 10.2. The molecule has 166 valence electrons. The molecule has 1 aromatic carbocycles. The number of aliphatic hydroxyl groups excluding tert-OH is 3. The van der Waals surface area contributed by atoms with Gasteiger partial charge in [0.25, 0.3) is 0 Å². The lowest BCUT2D eigenvalue weighted by atomic mass is 10.1. The van der Waals surface area contributed by atoms with Gasteiger partial charge < -0.3 is 25.4 Å². The molecule has 1 saturated heterocycles. The summed E-state index contributed by atoms with van der Waals surface area (Å²) in [5, 5.41) is 37.4. The van der Waals surface area contributed by atoms with Crippen molar-refractivity contribution in [3.63, 3.8) is 0 Å². The molecule has 4 heterocycles. The van der Waals surface area contributed by atoms with Crippen LogP contribution in [0.3, 0.4) is 0 Å². The van der Waals surface area contributed by atoms with Gasteiger partial charge in [-0.1, -0.05) is 30.3 Å². The molecule has 0 aliphatic carbocycles. The minimum Gasteiger partial charge on any atom is -0.394 e. The van der Waals surface area contributed by atoms with Gasteiger partial charge in [-0.3, -0.25) is 9.25 Å². The van der Waals surface area contributed by atoms with Gasteiger partial charge in [0, 0.05) is 13.2 Å². The fraction of sp³-hybridized carbons (Fsp3) is 0.333. The Morgan fingerprint density at radius 1 is 1.12 bits per heavy atom. The molecule has 1 aliphatic rings. The Hall–Kier alpha value is -3.38. The molecule has 32 heavy (non-hydrogen) atoms. The molecule has 11 heteroatoms. The van der Waals surface area contributed by atoms with Crippen molar-refractivity contribution in [3.8, 4) is 11.4 Å². The number of imidazole rings is 1. The van der Waals surface area contributed by atoms with E-state index in [9.17, 15) is 15.3 Å². The van der Waals surface area contributed by atoms with Crippen LogP contribution in [-0.4, -0.2) is 76.6 Å². The lowest BCUT2D eigenvalue weighted by Gasteiger charge is -2.16. The zero-order valence-corrected chi connectivity index (χ0v) is 17.3. The highest BCUT2D eigenvalue weighted by atomic mass is 16.6. The summed E-state index contributed by atoms with van der Waals surface area (Å²) in [5.74, 6) is 0.931. The molecule has 4 atom stereocenters. The van der Waals surface area contributed by atoms with E-state index in [1.54, 1.807) is 22.5 Å². The van der Waals surface area contributed by atoms with Crippen LogP contribution < -0.4 is 5.32 Å². The fourth-order valence-electron chi connectivity index (χ4n) is 3.85. The van der Waals surface area contributed by atoms with Crippen LogP contribution in [0.2, 0.25) is 0 Å². The van der Waals surface area contributed by atoms with Crippen LogP contribution >= 0.6 is 0 Å². The number of hydrogen-bond donors (Lipinski definition) is 4. The Morgan fingerprint density at radius 3 is 2.66 bits per heavy atom. The molecule has 11 nitrogen and oxygen atoms in total. The fourth-order valence-corrected chi connectivity index (χ4v) is 3.85. The quantitative estimate of drug-likeness (QED) is 0.337. The third kappa shape index (κ3) is 3.50. The number of rotatable bonds is 6. The maximum Gasteiger partial charge on any atom is 0.168 e. The average Bonchev–Trinajstić information content (AvgIpc) is 3.52. The Labute approximate surface area is 183 Å². The third-order valence-electron chi connectivity index (χ3n) is 5.53. The molecule has 0 radical (unpaired) electrons. The van der Waals surface area contributed by atoms with Crippen molar-refractivity contribution in [3.05, 3.63) is 54.6 Å². The van der Waals surface area contributed by atoms with E-state index in [0.717, 1.165) is 5.56 Å². The predicted molar refractivity (Wildman–Crippen MR) is 115 cm³/mol. The summed E-state index contributed by atoms with van der Waals surface area (Å²) < 4.78 is 9.00. The second-order valence-corrected chi connectivity index (χ2v) is 7.61. The van der Waals surface area contributed by atoms with Gasteiger partial charge in [-0.15, -0.1) is 0 Å². The number of fused-ring (bicyclic) bond motifs is 1. The second-order valence-electron chi connectivity index (χ2n) is 7.61. The first-order chi connectivity index (χ1) is 15.6. The van der Waals surface area contributed by atoms with E-state index in [4.69, 9.17) is 4.74 Å². The van der Waals surface area contributed by atoms with Gasteiger partial charge in [0.2, 0.25) is 0 Å². The molecule has 1 fully saturated rings. The SMILES string of the molecule is CNc1nc(-c2cnn(Cc3ccccc3)c2)nc2c1ncn2C1O[C@H](CO)[C@@H](O)[C@H]1O. The van der Waals surface area contributed by atoms with Crippen LogP contribution in [0.5, 0.6) is 0 Å². The van der Waals surface area contributed by atoms with Crippen molar-refractivity contribution in [2.45, 2.75) is 31.1 Å². The summed E-state index contributed by atoms with van der Waals surface area (Å²) in [5.41, 5.74) is 2.75. The van der Waals surface area contributed by atoms with Gasteiger partial charge in [0.05, 0.1) is 31.2 Å². The Kier molecular flexibility index (Phi) is 5.31. The van der Waals surface area contributed by atoms with E-state index in [0.29, 0.717) is 34.9 Å². The number of nitrogens with one attached hydrogen (secondary N) is 1. The number of nitrogens with zero attached hydrogens (tertiary/aromatic N) is 6. The molecule has 5 rings (SSSR count). The first-order valence-corrected chi connectivity index (χ1v) is 10.2. The highest BCUT2D eigenvalue weighted by Gasteiger charge is 2.44. The first kappa shape index (κ1) is 20.5. The maximum absolute atomic E-state index is 10.4. The molecule has 0 amide bonds. The van der Waals surface area contributed by atoms with E-state index in [1.807, 2.05) is 36.5 Å². The van der Waals surface area contributed by atoms with Crippen molar-refractivity contribution < 1.29 is 20.1 Å². The van der Waals surface area contributed by atoms with E-state index in [2.05, 4.69) is 25.4 Å². The normalized spacial score (nSPS) is 23.1. The van der Waals surface area contributed by atoms with Gasteiger partial charge in [0.15, 0.2) is 29.0 Å². The van der Waals surface area contributed by atoms with Crippen molar-refractivity contribution in [1.82, 2.24) is 29.3 Å². The van der Waals surface area contributed by atoms with Crippen molar-refractivity contribution in [1.29, 1.82) is 0 Å². The monoisotopic (exact) mass is 437 g/mol. The van der Waals surface area contributed by atoms with E-state index >= 15 is 0 Å². The summed E-state index contributed by atoms with van der Waals surface area (Å²) in [6.45, 7) is 0.201. The topological polar surface area (TPSA) is 143 Å². The highest BCUT2D eigenvalue weighted by Crippen LogP contribution is 2.33. The number of aromatic nitrogens is 6. The maximum atomic E-state index is 10.4. The lowest BCUT2D eigenvalue weighted by Crippen LogP contribution is -2.33.